The van der Waals surface area contributed by atoms with Crippen LogP contribution in [0.5, 0.6) is 0 Å². The maximum Gasteiger partial charge on any atom is 0.229 e. The van der Waals surface area contributed by atoms with Crippen molar-refractivity contribution in [3.8, 4) is 0 Å². The number of aromatic nitrogens is 2. The fourth-order valence-corrected chi connectivity index (χ4v) is 3.90. The van der Waals surface area contributed by atoms with E-state index >= 15 is 0 Å². The highest BCUT2D eigenvalue weighted by molar-refractivity contribution is 6.30. The summed E-state index contributed by atoms with van der Waals surface area (Å²) in [6, 6.07) is 12.5. The predicted octanol–water partition coefficient (Wildman–Crippen LogP) is 6.18. The minimum absolute atomic E-state index is 0. The first-order valence-electron chi connectivity index (χ1n) is 9.35. The summed E-state index contributed by atoms with van der Waals surface area (Å²) in [5.74, 6) is 1.16. The molecule has 0 fully saturated rings. The summed E-state index contributed by atoms with van der Waals surface area (Å²) in [4.78, 5) is 11.7. The number of hydrogen-bond donors (Lipinski definition) is 1. The molecule has 1 N–H and O–H groups in total. The van der Waals surface area contributed by atoms with E-state index in [0.717, 1.165) is 40.8 Å². The van der Waals surface area contributed by atoms with Crippen LogP contribution in [0.25, 0.3) is 0 Å². The van der Waals surface area contributed by atoms with Crippen LogP contribution in [0.1, 0.15) is 35.3 Å². The average molecular weight is 433 g/mol. The smallest absolute Gasteiger partial charge is 0.229 e. The van der Waals surface area contributed by atoms with Crippen LogP contribution in [0.2, 0.25) is 5.02 Å². The molecular weight excluding hydrogens is 410 g/mol. The van der Waals surface area contributed by atoms with Crippen LogP contribution in [0.4, 0.5) is 21.8 Å². The topological polar surface area (TPSA) is 41.1 Å². The van der Waals surface area contributed by atoms with Crippen molar-refractivity contribution < 1.29 is 4.39 Å². The van der Waals surface area contributed by atoms with Gasteiger partial charge in [0, 0.05) is 28.5 Å². The Hall–Kier alpha value is -2.37. The maximum atomic E-state index is 13.2. The molecule has 1 atom stereocenters. The van der Waals surface area contributed by atoms with Crippen molar-refractivity contribution in [1.29, 1.82) is 0 Å². The highest BCUT2D eigenvalue weighted by Gasteiger charge is 2.27. The molecule has 0 radical (unpaired) electrons. The Morgan fingerprint density at radius 3 is 2.55 bits per heavy atom. The van der Waals surface area contributed by atoms with Gasteiger partial charge in [-0.2, -0.15) is 4.98 Å². The van der Waals surface area contributed by atoms with Gasteiger partial charge in [0.15, 0.2) is 0 Å². The third-order valence-electron chi connectivity index (χ3n) is 5.38. The molecule has 3 aromatic rings. The van der Waals surface area contributed by atoms with Crippen molar-refractivity contribution >= 4 is 41.5 Å². The molecule has 4 nitrogen and oxygen atoms in total. The number of nitrogens with zero attached hydrogens (tertiary/aromatic N) is 3. The second kappa shape index (κ2) is 8.56. The van der Waals surface area contributed by atoms with Crippen molar-refractivity contribution in [3.63, 3.8) is 0 Å². The summed E-state index contributed by atoms with van der Waals surface area (Å²) in [6.07, 6.45) is 0.920. The largest absolute Gasteiger partial charge is 0.349 e. The van der Waals surface area contributed by atoms with Gasteiger partial charge in [-0.3, -0.25) is 0 Å². The zero-order chi connectivity index (χ0) is 19.8. The van der Waals surface area contributed by atoms with Crippen LogP contribution in [-0.4, -0.2) is 16.5 Å². The zero-order valence-electron chi connectivity index (χ0n) is 16.5. The first-order chi connectivity index (χ1) is 13.4. The Morgan fingerprint density at radius 1 is 1.10 bits per heavy atom. The molecule has 4 rings (SSSR count). The molecule has 29 heavy (non-hydrogen) atoms. The molecule has 1 aliphatic rings. The predicted molar refractivity (Wildman–Crippen MR) is 119 cm³/mol. The second-order valence-electron chi connectivity index (χ2n) is 7.18. The second-order valence-corrected chi connectivity index (χ2v) is 7.61. The molecule has 0 saturated heterocycles. The van der Waals surface area contributed by atoms with Gasteiger partial charge in [-0.15, -0.1) is 12.4 Å². The summed E-state index contributed by atoms with van der Waals surface area (Å²) in [7, 11) is 0. The third-order valence-corrected chi connectivity index (χ3v) is 5.62. The first-order valence-corrected chi connectivity index (χ1v) is 9.73. The van der Waals surface area contributed by atoms with Crippen molar-refractivity contribution in [2.45, 2.75) is 33.2 Å². The molecule has 0 aliphatic carbocycles. The normalized spacial score (nSPS) is 15.5. The van der Waals surface area contributed by atoms with Gasteiger partial charge in [-0.1, -0.05) is 17.7 Å². The fraction of sp³-hybridized carbons (Fsp3) is 0.273. The van der Waals surface area contributed by atoms with Crippen LogP contribution in [0, 0.1) is 19.7 Å². The molecule has 7 heteroatoms. The molecule has 1 unspecified atom stereocenters. The maximum absolute atomic E-state index is 13.2. The molecule has 0 spiro atoms. The van der Waals surface area contributed by atoms with Gasteiger partial charge in [-0.25, -0.2) is 9.37 Å². The Balaban J connectivity index is 0.00000240. The van der Waals surface area contributed by atoms with E-state index in [9.17, 15) is 4.39 Å². The molecule has 0 bridgehead atoms. The Bertz CT molecular complexity index is 1020. The molecule has 2 heterocycles. The van der Waals surface area contributed by atoms with Crippen LogP contribution in [0.15, 0.2) is 42.5 Å². The van der Waals surface area contributed by atoms with Gasteiger partial charge in [0.1, 0.15) is 11.6 Å². The average Bonchev–Trinajstić information content (AvgIpc) is 2.67. The molecule has 1 aliphatic heterocycles. The van der Waals surface area contributed by atoms with Crippen LogP contribution in [-0.2, 0) is 6.42 Å². The quantitative estimate of drug-likeness (QED) is 0.536. The van der Waals surface area contributed by atoms with Gasteiger partial charge in [-0.05, 0) is 74.7 Å². The lowest BCUT2D eigenvalue weighted by molar-refractivity contribution is 0.614. The molecule has 0 saturated carbocycles. The number of hydrogen-bond acceptors (Lipinski definition) is 4. The highest BCUT2D eigenvalue weighted by atomic mass is 35.5. The standard InChI is InChI=1S/C22H22ClFN4.ClH/c1-13-14(2)25-22(26-19-7-5-18(24)6-8-19)27-21(13)28-11-10-16-12-17(23)4-9-20(16)15(28)3;/h4-9,12,15H,10-11H2,1-3H3,(H,25,26,27);1H. The highest BCUT2D eigenvalue weighted by Crippen LogP contribution is 2.36. The van der Waals surface area contributed by atoms with Crippen molar-refractivity contribution in [3.05, 3.63) is 75.7 Å². The Morgan fingerprint density at radius 2 is 1.83 bits per heavy atom. The third kappa shape index (κ3) is 4.31. The van der Waals surface area contributed by atoms with Gasteiger partial charge < -0.3 is 10.2 Å². The van der Waals surface area contributed by atoms with Gasteiger partial charge >= 0.3 is 0 Å². The Kier molecular flexibility index (Phi) is 6.30. The molecule has 2 aromatic carbocycles. The van der Waals surface area contributed by atoms with E-state index in [1.165, 1.54) is 23.3 Å². The van der Waals surface area contributed by atoms with Gasteiger partial charge in [0.05, 0.1) is 6.04 Å². The van der Waals surface area contributed by atoms with Crippen LogP contribution >= 0.6 is 24.0 Å². The number of halogens is 3. The number of nitrogens with one attached hydrogen (secondary N) is 1. The van der Waals surface area contributed by atoms with Crippen LogP contribution < -0.4 is 10.2 Å². The number of rotatable bonds is 3. The number of aryl methyl sites for hydroxylation is 1. The SMILES string of the molecule is Cc1nc(Nc2ccc(F)cc2)nc(N2CCc3cc(Cl)ccc3C2C)c1C.Cl. The summed E-state index contributed by atoms with van der Waals surface area (Å²) < 4.78 is 13.2. The monoisotopic (exact) mass is 432 g/mol. The van der Waals surface area contributed by atoms with E-state index in [-0.39, 0.29) is 24.3 Å². The van der Waals surface area contributed by atoms with Crippen molar-refractivity contribution in [1.82, 2.24) is 9.97 Å². The lowest BCUT2D eigenvalue weighted by atomic mass is 9.93. The zero-order valence-corrected chi connectivity index (χ0v) is 18.1. The lowest BCUT2D eigenvalue weighted by Gasteiger charge is -2.37. The number of fused-ring (bicyclic) bond motifs is 1. The van der Waals surface area contributed by atoms with E-state index in [0.29, 0.717) is 5.95 Å². The Labute approximate surface area is 181 Å². The van der Waals surface area contributed by atoms with E-state index in [1.54, 1.807) is 12.1 Å². The fourth-order valence-electron chi connectivity index (χ4n) is 3.70. The molecule has 152 valence electrons. The minimum Gasteiger partial charge on any atom is -0.349 e. The minimum atomic E-state index is -0.270. The molecular formula is C22H23Cl2FN4. The summed E-state index contributed by atoms with van der Waals surface area (Å²) in [6.45, 7) is 7.09. The van der Waals surface area contributed by atoms with E-state index < -0.39 is 0 Å². The van der Waals surface area contributed by atoms with E-state index in [1.807, 2.05) is 13.0 Å². The lowest BCUT2D eigenvalue weighted by Crippen LogP contribution is -2.35. The first kappa shape index (κ1) is 21.3. The summed E-state index contributed by atoms with van der Waals surface area (Å²) in [5.41, 5.74) is 5.31. The molecule has 1 aromatic heterocycles. The van der Waals surface area contributed by atoms with Gasteiger partial charge in [0.2, 0.25) is 5.95 Å². The van der Waals surface area contributed by atoms with E-state index in [2.05, 4.69) is 41.2 Å². The van der Waals surface area contributed by atoms with Crippen LogP contribution in [0.3, 0.4) is 0 Å². The number of benzene rings is 2. The van der Waals surface area contributed by atoms with Crippen molar-refractivity contribution in [2.75, 3.05) is 16.8 Å². The molecule has 0 amide bonds. The van der Waals surface area contributed by atoms with E-state index in [4.69, 9.17) is 16.6 Å². The summed E-state index contributed by atoms with van der Waals surface area (Å²) >= 11 is 6.17. The van der Waals surface area contributed by atoms with Gasteiger partial charge in [0.25, 0.3) is 0 Å². The number of anilines is 3. The van der Waals surface area contributed by atoms with Crippen molar-refractivity contribution in [2.24, 2.45) is 0 Å². The summed E-state index contributed by atoms with van der Waals surface area (Å²) in [5, 5.41) is 3.96.